The number of hydrogen-bond acceptors (Lipinski definition) is 4. The van der Waals surface area contributed by atoms with Crippen LogP contribution < -0.4 is 16.0 Å². The predicted molar refractivity (Wildman–Crippen MR) is 93.2 cm³/mol. The average molecular weight is 313 g/mol. The molecule has 0 radical (unpaired) electrons. The first-order chi connectivity index (χ1) is 11.3. The number of para-hydroxylation sites is 1. The summed E-state index contributed by atoms with van der Waals surface area (Å²) in [5.41, 5.74) is 2.53. The highest BCUT2D eigenvalue weighted by Crippen LogP contribution is 2.17. The summed E-state index contributed by atoms with van der Waals surface area (Å²) in [4.78, 5) is 12.1. The van der Waals surface area contributed by atoms with Crippen molar-refractivity contribution >= 4 is 17.3 Å². The highest BCUT2D eigenvalue weighted by molar-refractivity contribution is 5.95. The van der Waals surface area contributed by atoms with Crippen molar-refractivity contribution in [2.75, 3.05) is 38.7 Å². The van der Waals surface area contributed by atoms with Crippen molar-refractivity contribution in [3.8, 4) is 0 Å². The van der Waals surface area contributed by atoms with E-state index in [1.165, 1.54) is 0 Å². The van der Waals surface area contributed by atoms with E-state index in [1.54, 1.807) is 7.11 Å². The minimum absolute atomic E-state index is 0.0738. The number of hydrogen-bond donors (Lipinski definition) is 3. The first kappa shape index (κ1) is 17.0. The third-order valence-corrected chi connectivity index (χ3v) is 3.26. The number of carbonyl (C=O) groups excluding carboxylic acids is 1. The van der Waals surface area contributed by atoms with Crippen LogP contribution in [-0.2, 0) is 4.74 Å². The van der Waals surface area contributed by atoms with E-state index in [0.29, 0.717) is 18.7 Å². The van der Waals surface area contributed by atoms with Crippen molar-refractivity contribution in [1.29, 1.82) is 0 Å². The molecule has 0 saturated carbocycles. The summed E-state index contributed by atoms with van der Waals surface area (Å²) < 4.78 is 4.94. The van der Waals surface area contributed by atoms with Gasteiger partial charge in [-0.25, -0.2) is 0 Å². The largest absolute Gasteiger partial charge is 0.383 e. The molecular weight excluding hydrogens is 290 g/mol. The topological polar surface area (TPSA) is 62.4 Å². The van der Waals surface area contributed by atoms with Gasteiger partial charge in [-0.15, -0.1) is 0 Å². The normalized spacial score (nSPS) is 10.3. The SMILES string of the molecule is COCCNCCNC(=O)c1cccc(Nc2ccccc2)c1. The second-order valence-electron chi connectivity index (χ2n) is 5.07. The number of nitrogens with one attached hydrogen (secondary N) is 3. The second kappa shape index (κ2) is 9.61. The molecule has 5 heteroatoms. The van der Waals surface area contributed by atoms with Crippen molar-refractivity contribution in [2.24, 2.45) is 0 Å². The molecule has 23 heavy (non-hydrogen) atoms. The number of amides is 1. The molecular formula is C18H23N3O2. The molecule has 0 bridgehead atoms. The van der Waals surface area contributed by atoms with Crippen LogP contribution >= 0.6 is 0 Å². The highest BCUT2D eigenvalue weighted by atomic mass is 16.5. The number of carbonyl (C=O) groups is 1. The minimum atomic E-state index is -0.0738. The molecule has 0 spiro atoms. The van der Waals surface area contributed by atoms with Crippen molar-refractivity contribution in [2.45, 2.75) is 0 Å². The zero-order valence-corrected chi connectivity index (χ0v) is 13.3. The summed E-state index contributed by atoms with van der Waals surface area (Å²) >= 11 is 0. The van der Waals surface area contributed by atoms with Gasteiger partial charge in [0.05, 0.1) is 6.61 Å². The van der Waals surface area contributed by atoms with Gasteiger partial charge in [-0.05, 0) is 30.3 Å². The van der Waals surface area contributed by atoms with Crippen molar-refractivity contribution in [3.63, 3.8) is 0 Å². The zero-order valence-electron chi connectivity index (χ0n) is 13.3. The maximum atomic E-state index is 12.1. The van der Waals surface area contributed by atoms with Crippen molar-refractivity contribution in [3.05, 3.63) is 60.2 Å². The molecule has 2 rings (SSSR count). The summed E-state index contributed by atoms with van der Waals surface area (Å²) in [6, 6.07) is 17.3. The van der Waals surface area contributed by atoms with Crippen molar-refractivity contribution < 1.29 is 9.53 Å². The van der Waals surface area contributed by atoms with Crippen LogP contribution in [0, 0.1) is 0 Å². The van der Waals surface area contributed by atoms with Gasteiger partial charge in [-0.1, -0.05) is 24.3 Å². The van der Waals surface area contributed by atoms with E-state index in [-0.39, 0.29) is 5.91 Å². The first-order valence-corrected chi connectivity index (χ1v) is 7.69. The van der Waals surface area contributed by atoms with Gasteiger partial charge in [0.2, 0.25) is 0 Å². The lowest BCUT2D eigenvalue weighted by Gasteiger charge is -2.09. The summed E-state index contributed by atoms with van der Waals surface area (Å²) in [5, 5.41) is 9.37. The van der Waals surface area contributed by atoms with Crippen LogP contribution in [0.2, 0.25) is 0 Å². The smallest absolute Gasteiger partial charge is 0.251 e. The molecule has 0 aliphatic rings. The highest BCUT2D eigenvalue weighted by Gasteiger charge is 2.05. The summed E-state index contributed by atoms with van der Waals surface area (Å²) in [6.07, 6.45) is 0. The van der Waals surface area contributed by atoms with E-state index in [0.717, 1.165) is 24.5 Å². The molecule has 2 aromatic carbocycles. The van der Waals surface area contributed by atoms with Gasteiger partial charge in [0, 0.05) is 43.7 Å². The Hall–Kier alpha value is -2.37. The van der Waals surface area contributed by atoms with Gasteiger partial charge in [-0.2, -0.15) is 0 Å². The standard InChI is InChI=1S/C18H23N3O2/c1-23-13-12-19-10-11-20-18(22)15-6-5-9-17(14-15)21-16-7-3-2-4-8-16/h2-9,14,19,21H,10-13H2,1H3,(H,20,22). The Balaban J connectivity index is 1.83. The number of methoxy groups -OCH3 is 1. The van der Waals surface area contributed by atoms with Gasteiger partial charge < -0.3 is 20.7 Å². The lowest BCUT2D eigenvalue weighted by molar-refractivity contribution is 0.0953. The van der Waals surface area contributed by atoms with E-state index < -0.39 is 0 Å². The van der Waals surface area contributed by atoms with Crippen LogP contribution in [0.3, 0.4) is 0 Å². The Kier molecular flexibility index (Phi) is 7.10. The maximum absolute atomic E-state index is 12.1. The fourth-order valence-corrected chi connectivity index (χ4v) is 2.09. The summed E-state index contributed by atoms with van der Waals surface area (Å²) in [7, 11) is 1.67. The minimum Gasteiger partial charge on any atom is -0.383 e. The molecule has 0 aliphatic carbocycles. The molecule has 1 amide bonds. The number of benzene rings is 2. The number of anilines is 2. The Morgan fingerprint density at radius 2 is 1.74 bits per heavy atom. The Labute approximate surface area is 137 Å². The van der Waals surface area contributed by atoms with Crippen LogP contribution in [0.15, 0.2) is 54.6 Å². The fraction of sp³-hybridized carbons (Fsp3) is 0.278. The Morgan fingerprint density at radius 3 is 2.52 bits per heavy atom. The zero-order chi connectivity index (χ0) is 16.3. The Bertz CT molecular complexity index is 602. The molecule has 0 aromatic heterocycles. The molecule has 3 N–H and O–H groups in total. The van der Waals surface area contributed by atoms with E-state index in [1.807, 2.05) is 54.6 Å². The quantitative estimate of drug-likeness (QED) is 0.622. The third kappa shape index (κ3) is 6.10. The van der Waals surface area contributed by atoms with Crippen LogP contribution in [0.1, 0.15) is 10.4 Å². The van der Waals surface area contributed by atoms with Gasteiger partial charge in [-0.3, -0.25) is 4.79 Å². The van der Waals surface area contributed by atoms with E-state index in [4.69, 9.17) is 4.74 Å². The van der Waals surface area contributed by atoms with Gasteiger partial charge in [0.1, 0.15) is 0 Å². The lowest BCUT2D eigenvalue weighted by Crippen LogP contribution is -2.33. The van der Waals surface area contributed by atoms with E-state index >= 15 is 0 Å². The van der Waals surface area contributed by atoms with Crippen LogP contribution in [0.5, 0.6) is 0 Å². The third-order valence-electron chi connectivity index (χ3n) is 3.26. The van der Waals surface area contributed by atoms with Crippen molar-refractivity contribution in [1.82, 2.24) is 10.6 Å². The summed E-state index contributed by atoms with van der Waals surface area (Å²) in [5.74, 6) is -0.0738. The molecule has 5 nitrogen and oxygen atoms in total. The molecule has 0 unspecified atom stereocenters. The van der Waals surface area contributed by atoms with Crippen LogP contribution in [0.4, 0.5) is 11.4 Å². The molecule has 0 heterocycles. The monoisotopic (exact) mass is 313 g/mol. The van der Waals surface area contributed by atoms with Gasteiger partial charge in [0.15, 0.2) is 0 Å². The Morgan fingerprint density at radius 1 is 0.957 bits per heavy atom. The fourth-order valence-electron chi connectivity index (χ4n) is 2.09. The molecule has 2 aromatic rings. The lowest BCUT2D eigenvalue weighted by atomic mass is 10.2. The second-order valence-corrected chi connectivity index (χ2v) is 5.07. The van der Waals surface area contributed by atoms with Gasteiger partial charge >= 0.3 is 0 Å². The molecule has 0 fully saturated rings. The molecule has 0 atom stereocenters. The number of rotatable bonds is 9. The van der Waals surface area contributed by atoms with Gasteiger partial charge in [0.25, 0.3) is 5.91 Å². The molecule has 0 aliphatic heterocycles. The summed E-state index contributed by atoms with van der Waals surface area (Å²) in [6.45, 7) is 2.75. The average Bonchev–Trinajstić information content (AvgIpc) is 2.59. The number of ether oxygens (including phenoxy) is 1. The van der Waals surface area contributed by atoms with E-state index in [2.05, 4.69) is 16.0 Å². The maximum Gasteiger partial charge on any atom is 0.251 e. The van der Waals surface area contributed by atoms with Crippen LogP contribution in [-0.4, -0.2) is 39.3 Å². The van der Waals surface area contributed by atoms with E-state index in [9.17, 15) is 4.79 Å². The molecule has 0 saturated heterocycles. The predicted octanol–water partition coefficient (Wildman–Crippen LogP) is 2.40. The van der Waals surface area contributed by atoms with Crippen LogP contribution in [0.25, 0.3) is 0 Å². The molecule has 122 valence electrons. The first-order valence-electron chi connectivity index (χ1n) is 7.69.